The lowest BCUT2D eigenvalue weighted by Crippen LogP contribution is -1.88. The number of ether oxygens (including phenoxy) is 1. The molecule has 1 nitrogen and oxygen atoms in total. The molecule has 11 heavy (non-hydrogen) atoms. The van der Waals surface area contributed by atoms with Crippen LogP contribution >= 0.6 is 27.5 Å². The van der Waals surface area contributed by atoms with Gasteiger partial charge in [0.25, 0.3) is 0 Å². The summed E-state index contributed by atoms with van der Waals surface area (Å²) in [6, 6.07) is 3.86. The van der Waals surface area contributed by atoms with Crippen LogP contribution in [0.25, 0.3) is 0 Å². The van der Waals surface area contributed by atoms with Crippen LogP contribution in [-0.2, 0) is 0 Å². The number of hydrogen-bond donors (Lipinski definition) is 0. The standard InChI is InChI=1S/C8H8BrClO/c1-5-3-4-6(9)7(10)8(5)11-2/h3-4H,1-2H3. The average Bonchev–Trinajstić information content (AvgIpc) is 1.99. The molecule has 1 aromatic rings. The van der Waals surface area contributed by atoms with Crippen molar-refractivity contribution in [2.24, 2.45) is 0 Å². The number of halogens is 2. The molecule has 0 bridgehead atoms. The molecule has 0 radical (unpaired) electrons. The van der Waals surface area contributed by atoms with Gasteiger partial charge in [0.05, 0.1) is 12.1 Å². The summed E-state index contributed by atoms with van der Waals surface area (Å²) in [6.45, 7) is 1.96. The summed E-state index contributed by atoms with van der Waals surface area (Å²) >= 11 is 9.24. The lowest BCUT2D eigenvalue weighted by atomic mass is 10.2. The molecule has 1 rings (SSSR count). The second-order valence-corrected chi connectivity index (χ2v) is 3.44. The number of rotatable bonds is 1. The van der Waals surface area contributed by atoms with Crippen molar-refractivity contribution in [3.63, 3.8) is 0 Å². The molecule has 0 atom stereocenters. The first-order valence-corrected chi connectivity index (χ1v) is 4.32. The molecule has 0 amide bonds. The van der Waals surface area contributed by atoms with Gasteiger partial charge in [-0.1, -0.05) is 17.7 Å². The van der Waals surface area contributed by atoms with Gasteiger partial charge < -0.3 is 4.74 Å². The summed E-state index contributed by atoms with van der Waals surface area (Å²) in [5.74, 6) is 0.737. The summed E-state index contributed by atoms with van der Waals surface area (Å²) in [7, 11) is 1.61. The molecule has 0 unspecified atom stereocenters. The molecule has 0 fully saturated rings. The van der Waals surface area contributed by atoms with Crippen molar-refractivity contribution in [2.75, 3.05) is 7.11 Å². The highest BCUT2D eigenvalue weighted by Crippen LogP contribution is 2.34. The van der Waals surface area contributed by atoms with Gasteiger partial charge in [-0.2, -0.15) is 0 Å². The van der Waals surface area contributed by atoms with Gasteiger partial charge in [0.2, 0.25) is 0 Å². The molecule has 0 heterocycles. The van der Waals surface area contributed by atoms with E-state index in [1.54, 1.807) is 7.11 Å². The minimum atomic E-state index is 0.632. The zero-order valence-corrected chi connectivity index (χ0v) is 8.66. The summed E-state index contributed by atoms with van der Waals surface area (Å²) in [5.41, 5.74) is 1.04. The lowest BCUT2D eigenvalue weighted by molar-refractivity contribution is 0.411. The van der Waals surface area contributed by atoms with Crippen molar-refractivity contribution in [3.8, 4) is 5.75 Å². The van der Waals surface area contributed by atoms with E-state index < -0.39 is 0 Å². The van der Waals surface area contributed by atoms with E-state index in [0.717, 1.165) is 15.8 Å². The fourth-order valence-corrected chi connectivity index (χ4v) is 1.48. The fourth-order valence-electron chi connectivity index (χ4n) is 0.879. The summed E-state index contributed by atoms with van der Waals surface area (Å²) in [6.07, 6.45) is 0. The van der Waals surface area contributed by atoms with Gasteiger partial charge in [-0.25, -0.2) is 0 Å². The third-order valence-corrected chi connectivity index (χ3v) is 2.72. The van der Waals surface area contributed by atoms with Gasteiger partial charge in [0.15, 0.2) is 0 Å². The van der Waals surface area contributed by atoms with E-state index >= 15 is 0 Å². The Morgan fingerprint density at radius 3 is 2.55 bits per heavy atom. The minimum absolute atomic E-state index is 0.632. The zero-order chi connectivity index (χ0) is 8.43. The average molecular weight is 236 g/mol. The number of methoxy groups -OCH3 is 1. The van der Waals surface area contributed by atoms with Gasteiger partial charge >= 0.3 is 0 Å². The van der Waals surface area contributed by atoms with Crippen molar-refractivity contribution < 1.29 is 4.74 Å². The number of benzene rings is 1. The van der Waals surface area contributed by atoms with Gasteiger partial charge in [0.1, 0.15) is 5.75 Å². The van der Waals surface area contributed by atoms with Crippen LogP contribution in [0, 0.1) is 6.92 Å². The molecule has 0 N–H and O–H groups in total. The first-order chi connectivity index (χ1) is 5.16. The fraction of sp³-hybridized carbons (Fsp3) is 0.250. The maximum atomic E-state index is 5.93. The molecule has 0 aliphatic heterocycles. The molecule has 0 aromatic heterocycles. The maximum Gasteiger partial charge on any atom is 0.141 e. The van der Waals surface area contributed by atoms with Crippen molar-refractivity contribution in [3.05, 3.63) is 27.2 Å². The third-order valence-electron chi connectivity index (χ3n) is 1.45. The van der Waals surface area contributed by atoms with E-state index in [4.69, 9.17) is 16.3 Å². The molecular weight excluding hydrogens is 227 g/mol. The highest BCUT2D eigenvalue weighted by atomic mass is 79.9. The zero-order valence-electron chi connectivity index (χ0n) is 6.32. The van der Waals surface area contributed by atoms with Crippen LogP contribution in [0.3, 0.4) is 0 Å². The molecular formula is C8H8BrClO. The van der Waals surface area contributed by atoms with Crippen LogP contribution in [0.1, 0.15) is 5.56 Å². The van der Waals surface area contributed by atoms with Crippen LogP contribution in [0.4, 0.5) is 0 Å². The van der Waals surface area contributed by atoms with Crippen molar-refractivity contribution in [2.45, 2.75) is 6.92 Å². The molecule has 0 saturated carbocycles. The van der Waals surface area contributed by atoms with E-state index in [1.807, 2.05) is 19.1 Å². The Hall–Kier alpha value is -0.210. The Labute approximate surface area is 79.4 Å². The molecule has 0 aliphatic rings. The van der Waals surface area contributed by atoms with Gasteiger partial charge in [-0.3, -0.25) is 0 Å². The maximum absolute atomic E-state index is 5.93. The van der Waals surface area contributed by atoms with E-state index in [1.165, 1.54) is 0 Å². The number of aryl methyl sites for hydroxylation is 1. The largest absolute Gasteiger partial charge is 0.495 e. The predicted molar refractivity (Wildman–Crippen MR) is 50.4 cm³/mol. The highest BCUT2D eigenvalue weighted by Gasteiger charge is 2.06. The third kappa shape index (κ3) is 1.68. The molecule has 0 spiro atoms. The lowest BCUT2D eigenvalue weighted by Gasteiger charge is -2.07. The van der Waals surface area contributed by atoms with Gasteiger partial charge in [0, 0.05) is 4.47 Å². The van der Waals surface area contributed by atoms with E-state index in [9.17, 15) is 0 Å². The van der Waals surface area contributed by atoms with Crippen LogP contribution in [0.15, 0.2) is 16.6 Å². The highest BCUT2D eigenvalue weighted by molar-refractivity contribution is 9.10. The van der Waals surface area contributed by atoms with E-state index in [0.29, 0.717) is 5.02 Å². The van der Waals surface area contributed by atoms with Crippen molar-refractivity contribution in [1.29, 1.82) is 0 Å². The predicted octanol–water partition coefficient (Wildman–Crippen LogP) is 3.42. The second-order valence-electron chi connectivity index (χ2n) is 2.21. The number of hydrogen-bond acceptors (Lipinski definition) is 1. The normalized spacial score (nSPS) is 9.82. The SMILES string of the molecule is COc1c(C)ccc(Br)c1Cl. The summed E-state index contributed by atoms with van der Waals surface area (Å²) in [5, 5.41) is 0.632. The Kier molecular flexibility index (Phi) is 2.79. The van der Waals surface area contributed by atoms with Crippen molar-refractivity contribution >= 4 is 27.5 Å². The van der Waals surface area contributed by atoms with Crippen LogP contribution < -0.4 is 4.74 Å². The Morgan fingerprint density at radius 1 is 1.45 bits per heavy atom. The van der Waals surface area contributed by atoms with Crippen LogP contribution in [0.5, 0.6) is 5.75 Å². The molecule has 1 aromatic carbocycles. The molecule has 0 saturated heterocycles. The van der Waals surface area contributed by atoms with Crippen LogP contribution in [0.2, 0.25) is 5.02 Å². The topological polar surface area (TPSA) is 9.23 Å². The first-order valence-electron chi connectivity index (χ1n) is 3.15. The smallest absolute Gasteiger partial charge is 0.141 e. The van der Waals surface area contributed by atoms with E-state index in [-0.39, 0.29) is 0 Å². The summed E-state index contributed by atoms with van der Waals surface area (Å²) < 4.78 is 5.96. The first kappa shape index (κ1) is 8.88. The Bertz CT molecular complexity index is 273. The minimum Gasteiger partial charge on any atom is -0.495 e. The molecule has 3 heteroatoms. The molecule has 0 aliphatic carbocycles. The Balaban J connectivity index is 3.29. The van der Waals surface area contributed by atoms with E-state index in [2.05, 4.69) is 15.9 Å². The van der Waals surface area contributed by atoms with Gasteiger partial charge in [-0.15, -0.1) is 0 Å². The van der Waals surface area contributed by atoms with Crippen molar-refractivity contribution in [1.82, 2.24) is 0 Å². The second kappa shape index (κ2) is 3.46. The molecule has 60 valence electrons. The van der Waals surface area contributed by atoms with Gasteiger partial charge in [-0.05, 0) is 34.5 Å². The van der Waals surface area contributed by atoms with Crippen LogP contribution in [-0.4, -0.2) is 7.11 Å². The quantitative estimate of drug-likeness (QED) is 0.725. The Morgan fingerprint density at radius 2 is 2.09 bits per heavy atom. The summed E-state index contributed by atoms with van der Waals surface area (Å²) in [4.78, 5) is 0. The monoisotopic (exact) mass is 234 g/mol.